The summed E-state index contributed by atoms with van der Waals surface area (Å²) >= 11 is 3.68. The summed E-state index contributed by atoms with van der Waals surface area (Å²) in [6.07, 6.45) is 5.32. The minimum Gasteiger partial charge on any atom is -0.301 e. The van der Waals surface area contributed by atoms with E-state index in [1.54, 1.807) is 0 Å². The van der Waals surface area contributed by atoms with Crippen LogP contribution in [0.2, 0.25) is 0 Å². The average Bonchev–Trinajstić information content (AvgIpc) is 2.06. The van der Waals surface area contributed by atoms with Crippen molar-refractivity contribution in [2.75, 3.05) is 13.1 Å². The molecule has 0 amide bonds. The van der Waals surface area contributed by atoms with Crippen LogP contribution < -0.4 is 0 Å². The number of nitrogens with zero attached hydrogens (tertiary/aromatic N) is 1. The third kappa shape index (κ3) is 3.06. The second-order valence-electron chi connectivity index (χ2n) is 3.85. The van der Waals surface area contributed by atoms with Gasteiger partial charge in [-0.25, -0.2) is 0 Å². The quantitative estimate of drug-likeness (QED) is 0.678. The third-order valence-electron chi connectivity index (χ3n) is 2.79. The Balaban J connectivity index is 2.24. The van der Waals surface area contributed by atoms with Gasteiger partial charge in [0.25, 0.3) is 0 Å². The van der Waals surface area contributed by atoms with Gasteiger partial charge in [0.15, 0.2) is 0 Å². The first-order chi connectivity index (χ1) is 5.74. The predicted molar refractivity (Wildman–Crippen MR) is 57.9 cm³/mol. The van der Waals surface area contributed by atoms with Gasteiger partial charge in [-0.15, -0.1) is 0 Å². The zero-order valence-electron chi connectivity index (χ0n) is 8.22. The van der Waals surface area contributed by atoms with E-state index in [2.05, 4.69) is 34.7 Å². The minimum atomic E-state index is 0.780. The summed E-state index contributed by atoms with van der Waals surface area (Å²) in [6.45, 7) is 7.21. The fraction of sp³-hybridized carbons (Fsp3) is 1.00. The maximum Gasteiger partial charge on any atom is 0.0170 e. The molecule has 0 aromatic heterocycles. The first-order valence-corrected chi connectivity index (χ1v) is 6.03. The number of alkyl halides is 1. The first kappa shape index (κ1) is 10.5. The molecular weight excluding hydrogens is 214 g/mol. The van der Waals surface area contributed by atoms with Crippen molar-refractivity contribution in [1.29, 1.82) is 0 Å². The van der Waals surface area contributed by atoms with Gasteiger partial charge in [0, 0.05) is 10.9 Å². The van der Waals surface area contributed by atoms with Crippen LogP contribution in [-0.4, -0.2) is 28.9 Å². The van der Waals surface area contributed by atoms with Crippen LogP contribution in [0.3, 0.4) is 0 Å². The molecule has 0 aliphatic carbocycles. The van der Waals surface area contributed by atoms with Crippen LogP contribution in [0.1, 0.15) is 39.5 Å². The molecule has 0 radical (unpaired) electrons. The van der Waals surface area contributed by atoms with Gasteiger partial charge in [-0.2, -0.15) is 0 Å². The summed E-state index contributed by atoms with van der Waals surface area (Å²) in [5.74, 6) is 0. The molecule has 0 N–H and O–H groups in total. The molecule has 1 nitrogen and oxygen atoms in total. The van der Waals surface area contributed by atoms with E-state index in [0.717, 1.165) is 10.9 Å². The van der Waals surface area contributed by atoms with Gasteiger partial charge in [-0.1, -0.05) is 29.3 Å². The van der Waals surface area contributed by atoms with Crippen molar-refractivity contribution in [2.24, 2.45) is 0 Å². The zero-order chi connectivity index (χ0) is 8.97. The van der Waals surface area contributed by atoms with Crippen LogP contribution in [-0.2, 0) is 0 Å². The molecule has 1 fully saturated rings. The lowest BCUT2D eigenvalue weighted by Gasteiger charge is -2.34. The van der Waals surface area contributed by atoms with Crippen LogP contribution in [0.5, 0.6) is 0 Å². The van der Waals surface area contributed by atoms with Gasteiger partial charge in [-0.3, -0.25) is 0 Å². The highest BCUT2D eigenvalue weighted by atomic mass is 79.9. The zero-order valence-corrected chi connectivity index (χ0v) is 9.81. The largest absolute Gasteiger partial charge is 0.301 e. The van der Waals surface area contributed by atoms with Gasteiger partial charge in [0.05, 0.1) is 0 Å². The van der Waals surface area contributed by atoms with Gasteiger partial charge >= 0.3 is 0 Å². The number of likely N-dealkylation sites (tertiary alicyclic amines) is 1. The molecule has 1 heterocycles. The highest BCUT2D eigenvalue weighted by Gasteiger charge is 2.19. The topological polar surface area (TPSA) is 3.24 Å². The summed E-state index contributed by atoms with van der Waals surface area (Å²) in [5, 5.41) is 0. The van der Waals surface area contributed by atoms with E-state index in [4.69, 9.17) is 0 Å². The Morgan fingerprint density at radius 1 is 1.42 bits per heavy atom. The van der Waals surface area contributed by atoms with Crippen molar-refractivity contribution in [3.8, 4) is 0 Å². The van der Waals surface area contributed by atoms with Crippen LogP contribution in [0.4, 0.5) is 0 Å². The Morgan fingerprint density at radius 3 is 2.50 bits per heavy atom. The fourth-order valence-electron chi connectivity index (χ4n) is 1.91. The number of piperidine rings is 1. The molecule has 1 aliphatic heterocycles. The maximum absolute atomic E-state index is 3.68. The molecule has 0 aromatic rings. The Kier molecular flexibility index (Phi) is 4.59. The van der Waals surface area contributed by atoms with Gasteiger partial charge in [-0.05, 0) is 39.3 Å². The van der Waals surface area contributed by atoms with Crippen molar-refractivity contribution in [3.63, 3.8) is 0 Å². The Bertz CT molecular complexity index is 119. The van der Waals surface area contributed by atoms with E-state index in [1.807, 2.05) is 0 Å². The Labute approximate surface area is 84.6 Å². The second-order valence-corrected chi connectivity index (χ2v) is 5.14. The molecule has 12 heavy (non-hydrogen) atoms. The molecular formula is C10H20BrN. The van der Waals surface area contributed by atoms with E-state index >= 15 is 0 Å². The van der Waals surface area contributed by atoms with Crippen molar-refractivity contribution in [1.82, 2.24) is 4.90 Å². The van der Waals surface area contributed by atoms with Gasteiger partial charge in [0.1, 0.15) is 0 Å². The van der Waals surface area contributed by atoms with Crippen molar-refractivity contribution >= 4 is 15.9 Å². The summed E-state index contributed by atoms with van der Waals surface area (Å²) < 4.78 is 0. The Morgan fingerprint density at radius 2 is 2.00 bits per heavy atom. The van der Waals surface area contributed by atoms with Crippen molar-refractivity contribution < 1.29 is 0 Å². The molecule has 72 valence electrons. The molecule has 0 spiro atoms. The highest BCUT2D eigenvalue weighted by molar-refractivity contribution is 9.09. The SMILES string of the molecule is CCCC(C)N1CCC(Br)CC1. The summed E-state index contributed by atoms with van der Waals surface area (Å²) in [4.78, 5) is 3.41. The molecule has 0 bridgehead atoms. The maximum atomic E-state index is 3.68. The normalized spacial score (nSPS) is 24.2. The molecule has 1 atom stereocenters. The summed E-state index contributed by atoms with van der Waals surface area (Å²) in [7, 11) is 0. The van der Waals surface area contributed by atoms with Crippen molar-refractivity contribution in [2.45, 2.75) is 50.4 Å². The van der Waals surface area contributed by atoms with E-state index in [-0.39, 0.29) is 0 Å². The van der Waals surface area contributed by atoms with Gasteiger partial charge < -0.3 is 4.90 Å². The molecule has 1 unspecified atom stereocenters. The van der Waals surface area contributed by atoms with E-state index in [1.165, 1.54) is 38.8 Å². The number of halogens is 1. The molecule has 2 heteroatoms. The first-order valence-electron chi connectivity index (χ1n) is 5.12. The standard InChI is InChI=1S/C10H20BrN/c1-3-4-9(2)12-7-5-10(11)6-8-12/h9-10H,3-8H2,1-2H3. The molecule has 1 aliphatic rings. The molecule has 0 saturated carbocycles. The number of hydrogen-bond acceptors (Lipinski definition) is 1. The average molecular weight is 234 g/mol. The number of rotatable bonds is 3. The lowest BCUT2D eigenvalue weighted by atomic mass is 10.1. The minimum absolute atomic E-state index is 0.780. The predicted octanol–water partition coefficient (Wildman–Crippen LogP) is 3.03. The second kappa shape index (κ2) is 5.23. The van der Waals surface area contributed by atoms with Crippen LogP contribution in [0.25, 0.3) is 0 Å². The molecule has 1 saturated heterocycles. The van der Waals surface area contributed by atoms with Crippen LogP contribution >= 0.6 is 15.9 Å². The smallest absolute Gasteiger partial charge is 0.0170 e. The molecule has 0 aromatic carbocycles. The van der Waals surface area contributed by atoms with Crippen LogP contribution in [0.15, 0.2) is 0 Å². The van der Waals surface area contributed by atoms with E-state index in [9.17, 15) is 0 Å². The number of hydrogen-bond donors (Lipinski definition) is 0. The fourth-order valence-corrected chi connectivity index (χ4v) is 2.32. The van der Waals surface area contributed by atoms with Crippen molar-refractivity contribution in [3.05, 3.63) is 0 Å². The molecule has 1 rings (SSSR count). The Hall–Kier alpha value is 0.440. The third-order valence-corrected chi connectivity index (χ3v) is 3.70. The lowest BCUT2D eigenvalue weighted by Crippen LogP contribution is -2.40. The van der Waals surface area contributed by atoms with E-state index < -0.39 is 0 Å². The highest BCUT2D eigenvalue weighted by Crippen LogP contribution is 2.20. The summed E-state index contributed by atoms with van der Waals surface area (Å²) in [6, 6.07) is 0.801. The van der Waals surface area contributed by atoms with E-state index in [0.29, 0.717) is 0 Å². The summed E-state index contributed by atoms with van der Waals surface area (Å²) in [5.41, 5.74) is 0. The van der Waals surface area contributed by atoms with Crippen LogP contribution in [0, 0.1) is 0 Å². The monoisotopic (exact) mass is 233 g/mol. The van der Waals surface area contributed by atoms with Gasteiger partial charge in [0.2, 0.25) is 0 Å². The lowest BCUT2D eigenvalue weighted by molar-refractivity contribution is 0.170.